The Kier molecular flexibility index (Phi) is 6.15. The van der Waals surface area contributed by atoms with Gasteiger partial charge >= 0.3 is 0 Å². The molecule has 0 N–H and O–H groups in total. The van der Waals surface area contributed by atoms with E-state index in [1.165, 1.54) is 18.2 Å². The summed E-state index contributed by atoms with van der Waals surface area (Å²) in [6.07, 6.45) is 1.67. The molecule has 0 spiro atoms. The Morgan fingerprint density at radius 1 is 1.29 bits per heavy atom. The van der Waals surface area contributed by atoms with E-state index in [1.807, 2.05) is 27.7 Å². The number of nitrogens with zero attached hydrogens (tertiary/aromatic N) is 2. The molecular formula is C15H21ClN2O3. The summed E-state index contributed by atoms with van der Waals surface area (Å²) in [5.74, 6) is -0.182. The summed E-state index contributed by atoms with van der Waals surface area (Å²) in [5, 5.41) is 10.8. The second kappa shape index (κ2) is 7.41. The van der Waals surface area contributed by atoms with Crippen LogP contribution in [0.3, 0.4) is 0 Å². The third kappa shape index (κ3) is 3.94. The van der Waals surface area contributed by atoms with Gasteiger partial charge in [-0.15, -0.1) is 0 Å². The second-order valence-corrected chi connectivity index (χ2v) is 5.56. The molecule has 0 bridgehead atoms. The minimum absolute atomic E-state index is 0.0821. The number of carbonyl (C=O) groups excluding carboxylic acids is 1. The Bertz CT molecular complexity index is 524. The first-order valence-electron chi connectivity index (χ1n) is 7.10. The highest BCUT2D eigenvalue weighted by Gasteiger charge is 2.26. The molecule has 116 valence electrons. The van der Waals surface area contributed by atoms with Crippen molar-refractivity contribution in [2.45, 2.75) is 52.6 Å². The minimum atomic E-state index is -0.527. The first kappa shape index (κ1) is 17.4. The Balaban J connectivity index is 3.18. The van der Waals surface area contributed by atoms with Crippen molar-refractivity contribution >= 4 is 23.2 Å². The number of amides is 1. The van der Waals surface area contributed by atoms with Gasteiger partial charge in [0.15, 0.2) is 0 Å². The Hall–Kier alpha value is -1.62. The minimum Gasteiger partial charge on any atom is -0.333 e. The van der Waals surface area contributed by atoms with E-state index in [-0.39, 0.29) is 28.7 Å². The zero-order valence-corrected chi connectivity index (χ0v) is 13.6. The standard InChI is InChI=1S/C15H21ClN2O3/c1-5-10(3)17(11(4)6-2)15(19)13-8-7-12(18(20)21)9-14(13)16/h7-11H,5-6H2,1-4H3. The van der Waals surface area contributed by atoms with Crippen LogP contribution in [0.25, 0.3) is 0 Å². The lowest BCUT2D eigenvalue weighted by Gasteiger charge is -2.34. The summed E-state index contributed by atoms with van der Waals surface area (Å²) in [5.41, 5.74) is 0.193. The molecule has 0 radical (unpaired) electrons. The van der Waals surface area contributed by atoms with Crippen molar-refractivity contribution in [3.63, 3.8) is 0 Å². The molecule has 1 rings (SSSR count). The topological polar surface area (TPSA) is 63.5 Å². The van der Waals surface area contributed by atoms with E-state index in [0.717, 1.165) is 12.8 Å². The molecule has 5 nitrogen and oxygen atoms in total. The van der Waals surface area contributed by atoms with Crippen LogP contribution in [0.1, 0.15) is 50.9 Å². The molecule has 0 aliphatic heterocycles. The second-order valence-electron chi connectivity index (χ2n) is 5.15. The van der Waals surface area contributed by atoms with Gasteiger partial charge < -0.3 is 4.90 Å². The number of non-ortho nitro benzene ring substituents is 1. The van der Waals surface area contributed by atoms with Crippen molar-refractivity contribution in [3.8, 4) is 0 Å². The first-order valence-corrected chi connectivity index (χ1v) is 7.47. The summed E-state index contributed by atoms with van der Waals surface area (Å²) in [7, 11) is 0. The van der Waals surface area contributed by atoms with Crippen LogP contribution in [-0.4, -0.2) is 27.8 Å². The lowest BCUT2D eigenvalue weighted by atomic mass is 10.1. The molecule has 0 fully saturated rings. The van der Waals surface area contributed by atoms with E-state index in [2.05, 4.69) is 0 Å². The molecule has 0 heterocycles. The van der Waals surface area contributed by atoms with Gasteiger partial charge in [0.25, 0.3) is 11.6 Å². The Morgan fingerprint density at radius 3 is 2.19 bits per heavy atom. The summed E-state index contributed by atoms with van der Waals surface area (Å²) in [6.45, 7) is 8.02. The molecule has 21 heavy (non-hydrogen) atoms. The molecule has 0 saturated heterocycles. The van der Waals surface area contributed by atoms with Crippen molar-refractivity contribution in [2.75, 3.05) is 0 Å². The molecule has 6 heteroatoms. The van der Waals surface area contributed by atoms with Gasteiger partial charge in [-0.05, 0) is 32.8 Å². The van der Waals surface area contributed by atoms with E-state index in [1.54, 1.807) is 4.90 Å². The molecule has 0 aliphatic carbocycles. The molecule has 1 aromatic carbocycles. The highest BCUT2D eigenvalue weighted by molar-refractivity contribution is 6.34. The van der Waals surface area contributed by atoms with Crippen LogP contribution >= 0.6 is 11.6 Å². The maximum absolute atomic E-state index is 12.7. The average Bonchev–Trinajstić information content (AvgIpc) is 2.46. The van der Waals surface area contributed by atoms with Gasteiger partial charge in [-0.3, -0.25) is 14.9 Å². The third-order valence-electron chi connectivity index (χ3n) is 3.76. The third-order valence-corrected chi connectivity index (χ3v) is 4.07. The Labute approximate surface area is 130 Å². The molecule has 0 aromatic heterocycles. The van der Waals surface area contributed by atoms with Crippen LogP contribution in [0.2, 0.25) is 5.02 Å². The number of carbonyl (C=O) groups is 1. The fourth-order valence-corrected chi connectivity index (χ4v) is 2.41. The van der Waals surface area contributed by atoms with Gasteiger partial charge in [0, 0.05) is 24.2 Å². The van der Waals surface area contributed by atoms with Crippen molar-refractivity contribution in [3.05, 3.63) is 38.9 Å². The Morgan fingerprint density at radius 2 is 1.81 bits per heavy atom. The molecule has 1 amide bonds. The quantitative estimate of drug-likeness (QED) is 0.581. The van der Waals surface area contributed by atoms with E-state index >= 15 is 0 Å². The highest BCUT2D eigenvalue weighted by atomic mass is 35.5. The normalized spacial score (nSPS) is 13.6. The lowest BCUT2D eigenvalue weighted by molar-refractivity contribution is -0.384. The van der Waals surface area contributed by atoms with Crippen LogP contribution in [0.4, 0.5) is 5.69 Å². The van der Waals surface area contributed by atoms with Crippen molar-refractivity contribution < 1.29 is 9.72 Å². The lowest BCUT2D eigenvalue weighted by Crippen LogP contribution is -2.44. The number of nitro groups is 1. The summed E-state index contributed by atoms with van der Waals surface area (Å²) in [6, 6.07) is 4.13. The van der Waals surface area contributed by atoms with Gasteiger partial charge in [0.05, 0.1) is 15.5 Å². The number of nitro benzene ring substituents is 1. The average molecular weight is 313 g/mol. The molecule has 1 aromatic rings. The van der Waals surface area contributed by atoms with E-state index < -0.39 is 4.92 Å². The van der Waals surface area contributed by atoms with E-state index in [0.29, 0.717) is 5.56 Å². The highest BCUT2D eigenvalue weighted by Crippen LogP contribution is 2.26. The summed E-state index contributed by atoms with van der Waals surface area (Å²) < 4.78 is 0. The number of hydrogen-bond donors (Lipinski definition) is 0. The monoisotopic (exact) mass is 312 g/mol. The predicted octanol–water partition coefficient (Wildman–Crippen LogP) is 4.29. The van der Waals surface area contributed by atoms with Crippen LogP contribution < -0.4 is 0 Å². The van der Waals surface area contributed by atoms with Gasteiger partial charge in [-0.1, -0.05) is 25.4 Å². The van der Waals surface area contributed by atoms with Crippen LogP contribution in [0, 0.1) is 10.1 Å². The zero-order chi connectivity index (χ0) is 16.2. The van der Waals surface area contributed by atoms with E-state index in [4.69, 9.17) is 11.6 Å². The molecule has 2 unspecified atom stereocenters. The zero-order valence-electron chi connectivity index (χ0n) is 12.8. The summed E-state index contributed by atoms with van der Waals surface area (Å²) >= 11 is 6.06. The smallest absolute Gasteiger partial charge is 0.270 e. The fourth-order valence-electron chi connectivity index (χ4n) is 2.16. The summed E-state index contributed by atoms with van der Waals surface area (Å²) in [4.78, 5) is 24.7. The van der Waals surface area contributed by atoms with Crippen molar-refractivity contribution in [1.29, 1.82) is 0 Å². The molecule has 0 saturated carbocycles. The van der Waals surface area contributed by atoms with Crippen molar-refractivity contribution in [2.24, 2.45) is 0 Å². The predicted molar refractivity (Wildman–Crippen MR) is 83.8 cm³/mol. The van der Waals surface area contributed by atoms with Crippen LogP contribution in [-0.2, 0) is 0 Å². The van der Waals surface area contributed by atoms with Gasteiger partial charge in [-0.2, -0.15) is 0 Å². The number of halogens is 1. The van der Waals surface area contributed by atoms with Gasteiger partial charge in [0.1, 0.15) is 0 Å². The van der Waals surface area contributed by atoms with Gasteiger partial charge in [0.2, 0.25) is 0 Å². The molecule has 0 aliphatic rings. The number of rotatable bonds is 6. The van der Waals surface area contributed by atoms with Gasteiger partial charge in [-0.25, -0.2) is 0 Å². The SMILES string of the molecule is CCC(C)N(C(=O)c1ccc([N+](=O)[O-])cc1Cl)C(C)CC. The largest absolute Gasteiger partial charge is 0.333 e. The van der Waals surface area contributed by atoms with Crippen LogP contribution in [0.15, 0.2) is 18.2 Å². The number of hydrogen-bond acceptors (Lipinski definition) is 3. The molecule has 2 atom stereocenters. The fraction of sp³-hybridized carbons (Fsp3) is 0.533. The van der Waals surface area contributed by atoms with Crippen molar-refractivity contribution in [1.82, 2.24) is 4.90 Å². The number of benzene rings is 1. The maximum atomic E-state index is 12.7. The van der Waals surface area contributed by atoms with Crippen LogP contribution in [0.5, 0.6) is 0 Å². The first-order chi connectivity index (χ1) is 9.83. The molecular weight excluding hydrogens is 292 g/mol. The van der Waals surface area contributed by atoms with E-state index in [9.17, 15) is 14.9 Å². The maximum Gasteiger partial charge on any atom is 0.270 e.